The summed E-state index contributed by atoms with van der Waals surface area (Å²) in [5.74, 6) is 0.218. The van der Waals surface area contributed by atoms with Gasteiger partial charge in [0.25, 0.3) is 5.69 Å². The van der Waals surface area contributed by atoms with Crippen LogP contribution >= 0.6 is 0 Å². The molecule has 20 heavy (non-hydrogen) atoms. The third-order valence-electron chi connectivity index (χ3n) is 4.06. The lowest BCUT2D eigenvalue weighted by Crippen LogP contribution is -2.26. The van der Waals surface area contributed by atoms with Crippen LogP contribution in [0.5, 0.6) is 0 Å². The molecule has 0 amide bonds. The van der Waals surface area contributed by atoms with Crippen molar-refractivity contribution in [2.45, 2.75) is 51.5 Å². The van der Waals surface area contributed by atoms with Crippen molar-refractivity contribution in [1.29, 1.82) is 0 Å². The number of benzene rings is 1. The van der Waals surface area contributed by atoms with Crippen LogP contribution < -0.4 is 5.32 Å². The zero-order valence-electron chi connectivity index (χ0n) is 11.8. The van der Waals surface area contributed by atoms with Crippen molar-refractivity contribution >= 4 is 11.4 Å². The standard InChI is InChI=1S/C15H21FN2O2/c1-2-3-11-4-7-13(8-5-11)17-14-9-6-12(16)10-15(14)18(19)20/h6,9-11,13,17H,2-5,7-8H2,1H3. The highest BCUT2D eigenvalue weighted by atomic mass is 19.1. The number of nitrogens with one attached hydrogen (secondary N) is 1. The normalized spacial score (nSPS) is 22.5. The van der Waals surface area contributed by atoms with Crippen molar-refractivity contribution in [3.63, 3.8) is 0 Å². The number of halogens is 1. The molecule has 1 fully saturated rings. The Bertz CT molecular complexity index is 471. The Kier molecular flexibility index (Phi) is 4.93. The lowest BCUT2D eigenvalue weighted by atomic mass is 9.83. The molecule has 2 rings (SSSR count). The largest absolute Gasteiger partial charge is 0.377 e. The quantitative estimate of drug-likeness (QED) is 0.638. The van der Waals surface area contributed by atoms with E-state index in [4.69, 9.17) is 0 Å². The van der Waals surface area contributed by atoms with Crippen molar-refractivity contribution < 1.29 is 9.31 Å². The van der Waals surface area contributed by atoms with Crippen LogP contribution in [0, 0.1) is 21.8 Å². The molecule has 0 radical (unpaired) electrons. The molecule has 1 saturated carbocycles. The fraction of sp³-hybridized carbons (Fsp3) is 0.600. The van der Waals surface area contributed by atoms with E-state index < -0.39 is 10.7 Å². The van der Waals surface area contributed by atoms with Crippen molar-refractivity contribution in [3.05, 3.63) is 34.1 Å². The number of nitro groups is 1. The van der Waals surface area contributed by atoms with E-state index in [0.717, 1.165) is 24.8 Å². The molecular formula is C15H21FN2O2. The van der Waals surface area contributed by atoms with Gasteiger partial charge in [0.05, 0.1) is 11.0 Å². The van der Waals surface area contributed by atoms with E-state index in [-0.39, 0.29) is 11.7 Å². The van der Waals surface area contributed by atoms with Gasteiger partial charge >= 0.3 is 0 Å². The first-order chi connectivity index (χ1) is 9.60. The summed E-state index contributed by atoms with van der Waals surface area (Å²) >= 11 is 0. The molecule has 0 aromatic heterocycles. The third-order valence-corrected chi connectivity index (χ3v) is 4.06. The van der Waals surface area contributed by atoms with Crippen LogP contribution in [0.3, 0.4) is 0 Å². The lowest BCUT2D eigenvalue weighted by molar-refractivity contribution is -0.384. The number of hydrogen-bond donors (Lipinski definition) is 1. The van der Waals surface area contributed by atoms with Gasteiger partial charge in [-0.05, 0) is 43.7 Å². The van der Waals surface area contributed by atoms with E-state index in [9.17, 15) is 14.5 Å². The molecule has 4 nitrogen and oxygen atoms in total. The summed E-state index contributed by atoms with van der Waals surface area (Å²) in [6, 6.07) is 3.96. The van der Waals surface area contributed by atoms with Gasteiger partial charge in [0.1, 0.15) is 11.5 Å². The molecular weight excluding hydrogens is 259 g/mol. The lowest BCUT2D eigenvalue weighted by Gasteiger charge is -2.29. The maximum atomic E-state index is 13.1. The van der Waals surface area contributed by atoms with E-state index in [1.54, 1.807) is 0 Å². The first kappa shape index (κ1) is 14.8. The van der Waals surface area contributed by atoms with Gasteiger partial charge in [0, 0.05) is 6.04 Å². The Morgan fingerprint density at radius 2 is 2.05 bits per heavy atom. The predicted octanol–water partition coefficient (Wildman–Crippen LogP) is 4.50. The zero-order valence-corrected chi connectivity index (χ0v) is 11.8. The fourth-order valence-electron chi connectivity index (χ4n) is 3.00. The van der Waals surface area contributed by atoms with E-state index >= 15 is 0 Å². The first-order valence-electron chi connectivity index (χ1n) is 7.30. The van der Waals surface area contributed by atoms with Gasteiger partial charge in [-0.2, -0.15) is 0 Å². The molecule has 0 saturated heterocycles. The highest BCUT2D eigenvalue weighted by Gasteiger charge is 2.23. The Balaban J connectivity index is 1.99. The number of anilines is 1. The van der Waals surface area contributed by atoms with Crippen LogP contribution in [0.15, 0.2) is 18.2 Å². The summed E-state index contributed by atoms with van der Waals surface area (Å²) in [6.45, 7) is 2.20. The topological polar surface area (TPSA) is 55.2 Å². The van der Waals surface area contributed by atoms with Crippen LogP contribution in [0.4, 0.5) is 15.8 Å². The Labute approximate surface area is 118 Å². The molecule has 5 heteroatoms. The Hall–Kier alpha value is -1.65. The summed E-state index contributed by atoms with van der Waals surface area (Å²) in [5, 5.41) is 14.2. The smallest absolute Gasteiger partial charge is 0.295 e. The molecule has 1 aliphatic rings. The third kappa shape index (κ3) is 3.68. The van der Waals surface area contributed by atoms with Crippen molar-refractivity contribution in [3.8, 4) is 0 Å². The molecule has 1 N–H and O–H groups in total. The van der Waals surface area contributed by atoms with E-state index in [2.05, 4.69) is 12.2 Å². The summed E-state index contributed by atoms with van der Waals surface area (Å²) in [5.41, 5.74) is 0.246. The Morgan fingerprint density at radius 1 is 1.35 bits per heavy atom. The molecule has 1 aromatic rings. The van der Waals surface area contributed by atoms with Gasteiger partial charge in [-0.15, -0.1) is 0 Å². The average molecular weight is 280 g/mol. The van der Waals surface area contributed by atoms with Gasteiger partial charge < -0.3 is 5.32 Å². The number of rotatable bonds is 5. The Morgan fingerprint density at radius 3 is 2.65 bits per heavy atom. The van der Waals surface area contributed by atoms with Crippen LogP contribution in [-0.2, 0) is 0 Å². The SMILES string of the molecule is CCCC1CCC(Nc2ccc(F)cc2[N+](=O)[O-])CC1. The highest BCUT2D eigenvalue weighted by molar-refractivity contribution is 5.61. The second-order valence-corrected chi connectivity index (χ2v) is 5.57. The predicted molar refractivity (Wildman–Crippen MR) is 77.3 cm³/mol. The second-order valence-electron chi connectivity index (χ2n) is 5.57. The molecule has 0 heterocycles. The molecule has 1 aromatic carbocycles. The summed E-state index contributed by atoms with van der Waals surface area (Å²) in [6.07, 6.45) is 6.87. The molecule has 0 atom stereocenters. The maximum Gasteiger partial charge on any atom is 0.295 e. The molecule has 0 spiro atoms. The monoisotopic (exact) mass is 280 g/mol. The van der Waals surface area contributed by atoms with E-state index in [1.165, 1.54) is 37.8 Å². The minimum absolute atomic E-state index is 0.180. The highest BCUT2D eigenvalue weighted by Crippen LogP contribution is 2.32. The molecule has 1 aliphatic carbocycles. The van der Waals surface area contributed by atoms with Gasteiger partial charge in [0.2, 0.25) is 0 Å². The van der Waals surface area contributed by atoms with Crippen LogP contribution in [0.25, 0.3) is 0 Å². The summed E-state index contributed by atoms with van der Waals surface area (Å²) in [7, 11) is 0. The number of nitro benzene ring substituents is 1. The minimum atomic E-state index is -0.575. The van der Waals surface area contributed by atoms with Crippen LogP contribution in [0.2, 0.25) is 0 Å². The van der Waals surface area contributed by atoms with Gasteiger partial charge in [-0.3, -0.25) is 10.1 Å². The maximum absolute atomic E-state index is 13.1. The van der Waals surface area contributed by atoms with Gasteiger partial charge in [-0.25, -0.2) is 4.39 Å². The van der Waals surface area contributed by atoms with Crippen LogP contribution in [0.1, 0.15) is 45.4 Å². The van der Waals surface area contributed by atoms with Crippen molar-refractivity contribution in [2.75, 3.05) is 5.32 Å². The van der Waals surface area contributed by atoms with Crippen LogP contribution in [-0.4, -0.2) is 11.0 Å². The fourth-order valence-corrected chi connectivity index (χ4v) is 3.00. The van der Waals surface area contributed by atoms with E-state index in [0.29, 0.717) is 5.69 Å². The summed E-state index contributed by atoms with van der Waals surface area (Å²) < 4.78 is 13.1. The molecule has 0 bridgehead atoms. The zero-order chi connectivity index (χ0) is 14.5. The molecule has 0 aliphatic heterocycles. The second kappa shape index (κ2) is 6.68. The first-order valence-corrected chi connectivity index (χ1v) is 7.30. The molecule has 0 unspecified atom stereocenters. The minimum Gasteiger partial charge on any atom is -0.377 e. The number of hydrogen-bond acceptors (Lipinski definition) is 3. The van der Waals surface area contributed by atoms with Gasteiger partial charge in [0.15, 0.2) is 0 Å². The molecule has 110 valence electrons. The van der Waals surface area contributed by atoms with Crippen molar-refractivity contribution in [2.24, 2.45) is 5.92 Å². The number of nitrogens with zero attached hydrogens (tertiary/aromatic N) is 1. The van der Waals surface area contributed by atoms with Gasteiger partial charge in [-0.1, -0.05) is 19.8 Å². The van der Waals surface area contributed by atoms with E-state index in [1.807, 2.05) is 0 Å². The summed E-state index contributed by atoms with van der Waals surface area (Å²) in [4.78, 5) is 10.4. The average Bonchev–Trinajstić information content (AvgIpc) is 2.43. The van der Waals surface area contributed by atoms with Crippen molar-refractivity contribution in [1.82, 2.24) is 0 Å².